The average molecular weight is 141 g/mol. The Kier molecular flexibility index (Phi) is 1.26. The summed E-state index contributed by atoms with van der Waals surface area (Å²) < 4.78 is 18.3. The summed E-state index contributed by atoms with van der Waals surface area (Å²) in [4.78, 5) is 0. The van der Waals surface area contributed by atoms with Crippen molar-refractivity contribution in [1.82, 2.24) is 0 Å². The normalized spacial score (nSPS) is 32.0. The van der Waals surface area contributed by atoms with Gasteiger partial charge in [-0.25, -0.2) is 0 Å². The molecule has 0 aromatic carbocycles. The van der Waals surface area contributed by atoms with Crippen LogP contribution in [0.1, 0.15) is 20.6 Å². The minimum absolute atomic E-state index is 0.343. The van der Waals surface area contributed by atoms with Crippen LogP contribution in [0.15, 0.2) is 12.1 Å². The molecular weight excluding hydrogens is 128 g/mol. The summed E-state index contributed by atoms with van der Waals surface area (Å²) in [7, 11) is 0. The molecule has 0 atom stereocenters. The minimum Gasteiger partial charge on any atom is -0.347 e. The first-order valence-electron chi connectivity index (χ1n) is 4.24. The molecular formula is C8H12O2. The smallest absolute Gasteiger partial charge is 0.172 e. The van der Waals surface area contributed by atoms with Crippen LogP contribution in [0.3, 0.4) is 0 Å². The van der Waals surface area contributed by atoms with Crippen molar-refractivity contribution < 1.29 is 10.8 Å². The molecule has 0 saturated carbocycles. The summed E-state index contributed by atoms with van der Waals surface area (Å²) in [6.07, 6.45) is 4.29. The van der Waals surface area contributed by atoms with Gasteiger partial charge in [-0.3, -0.25) is 0 Å². The molecule has 0 radical (unpaired) electrons. The summed E-state index contributed by atoms with van der Waals surface area (Å²) in [5, 5.41) is 0. The van der Waals surface area contributed by atoms with E-state index in [1.165, 1.54) is 0 Å². The molecule has 56 valence electrons. The fourth-order valence-corrected chi connectivity index (χ4v) is 1.45. The average Bonchev–Trinajstić information content (AvgIpc) is 2.45. The Morgan fingerprint density at radius 3 is 2.80 bits per heavy atom. The van der Waals surface area contributed by atoms with Crippen molar-refractivity contribution in [3.05, 3.63) is 12.1 Å². The van der Waals surface area contributed by atoms with E-state index >= 15 is 0 Å². The van der Waals surface area contributed by atoms with Crippen LogP contribution in [-0.2, 0) is 9.47 Å². The molecule has 1 heterocycles. The zero-order valence-corrected chi connectivity index (χ0v) is 5.93. The summed E-state index contributed by atoms with van der Waals surface area (Å²) in [5.41, 5.74) is 0. The fraction of sp³-hybridized carbons (Fsp3) is 0.750. The fourth-order valence-electron chi connectivity index (χ4n) is 1.45. The van der Waals surface area contributed by atoms with Crippen molar-refractivity contribution in [2.24, 2.45) is 0 Å². The molecule has 0 unspecified atom stereocenters. The van der Waals surface area contributed by atoms with E-state index in [-0.39, 0.29) is 5.79 Å². The third kappa shape index (κ3) is 0.976. The zero-order chi connectivity index (χ0) is 7.73. The lowest BCUT2D eigenvalue weighted by molar-refractivity contribution is -0.160. The molecule has 2 heteroatoms. The first-order valence-corrected chi connectivity index (χ1v) is 3.74. The summed E-state index contributed by atoms with van der Waals surface area (Å²) in [6, 6.07) is 0.717. The predicted molar refractivity (Wildman–Crippen MR) is 37.6 cm³/mol. The SMILES string of the molecule is [2H]C1=CCC2(CC1)OCCO2. The maximum Gasteiger partial charge on any atom is 0.172 e. The lowest BCUT2D eigenvalue weighted by Gasteiger charge is -2.27. The van der Waals surface area contributed by atoms with Gasteiger partial charge in [0.25, 0.3) is 0 Å². The lowest BCUT2D eigenvalue weighted by Crippen LogP contribution is -2.30. The largest absolute Gasteiger partial charge is 0.347 e. The second-order valence-electron chi connectivity index (χ2n) is 2.72. The highest BCUT2D eigenvalue weighted by Gasteiger charge is 2.35. The van der Waals surface area contributed by atoms with Gasteiger partial charge in [-0.2, -0.15) is 0 Å². The van der Waals surface area contributed by atoms with Crippen LogP contribution in [-0.4, -0.2) is 19.0 Å². The first-order chi connectivity index (χ1) is 5.31. The highest BCUT2D eigenvalue weighted by molar-refractivity contribution is 4.96. The van der Waals surface area contributed by atoms with Crippen LogP contribution in [0.5, 0.6) is 0 Å². The maximum absolute atomic E-state index is 7.37. The number of ether oxygens (including phenoxy) is 2. The third-order valence-corrected chi connectivity index (χ3v) is 2.02. The van der Waals surface area contributed by atoms with E-state index in [4.69, 9.17) is 10.8 Å². The quantitative estimate of drug-likeness (QED) is 0.475. The number of rotatable bonds is 0. The van der Waals surface area contributed by atoms with Crippen molar-refractivity contribution in [1.29, 1.82) is 0 Å². The van der Waals surface area contributed by atoms with Crippen LogP contribution in [0.25, 0.3) is 0 Å². The monoisotopic (exact) mass is 141 g/mol. The molecule has 2 rings (SSSR count). The van der Waals surface area contributed by atoms with Gasteiger partial charge in [-0.15, -0.1) is 0 Å². The van der Waals surface area contributed by atoms with Gasteiger partial charge in [0.05, 0.1) is 14.6 Å². The second kappa shape index (κ2) is 2.36. The van der Waals surface area contributed by atoms with Crippen LogP contribution < -0.4 is 0 Å². The van der Waals surface area contributed by atoms with Gasteiger partial charge < -0.3 is 9.47 Å². The van der Waals surface area contributed by atoms with Crippen LogP contribution in [0.4, 0.5) is 0 Å². The van der Waals surface area contributed by atoms with Crippen molar-refractivity contribution in [3.8, 4) is 0 Å². The molecule has 0 bridgehead atoms. The van der Waals surface area contributed by atoms with Crippen LogP contribution in [0.2, 0.25) is 0 Å². The molecule has 1 aliphatic carbocycles. The highest BCUT2D eigenvalue weighted by atomic mass is 16.7. The van der Waals surface area contributed by atoms with Gasteiger partial charge in [0.2, 0.25) is 0 Å². The van der Waals surface area contributed by atoms with Gasteiger partial charge in [0, 0.05) is 12.8 Å². The van der Waals surface area contributed by atoms with Crippen molar-refractivity contribution in [2.45, 2.75) is 25.0 Å². The van der Waals surface area contributed by atoms with E-state index < -0.39 is 0 Å². The summed E-state index contributed by atoms with van der Waals surface area (Å²) in [5.74, 6) is -0.343. The first kappa shape index (κ1) is 5.33. The van der Waals surface area contributed by atoms with E-state index in [1.807, 2.05) is 6.08 Å². The van der Waals surface area contributed by atoms with Crippen molar-refractivity contribution in [2.75, 3.05) is 13.2 Å². The van der Waals surface area contributed by atoms with E-state index in [1.54, 1.807) is 0 Å². The molecule has 1 saturated heterocycles. The Labute approximate surface area is 62.2 Å². The van der Waals surface area contributed by atoms with Gasteiger partial charge in [0.1, 0.15) is 0 Å². The molecule has 2 nitrogen and oxygen atoms in total. The standard InChI is InChI=1S/C8H12O2/c1-2-4-8(5-3-1)9-6-7-10-8/h1-2H,3-7H2/i1D. The molecule has 0 amide bonds. The lowest BCUT2D eigenvalue weighted by atomic mass is 10.0. The van der Waals surface area contributed by atoms with E-state index in [0.29, 0.717) is 13.2 Å². The molecule has 0 N–H and O–H groups in total. The Bertz CT molecular complexity index is 183. The minimum atomic E-state index is -0.343. The molecule has 0 aromatic rings. The van der Waals surface area contributed by atoms with E-state index in [9.17, 15) is 0 Å². The summed E-state index contributed by atoms with van der Waals surface area (Å²) >= 11 is 0. The Hall–Kier alpha value is -0.340. The zero-order valence-electron chi connectivity index (χ0n) is 6.93. The van der Waals surface area contributed by atoms with Gasteiger partial charge >= 0.3 is 0 Å². The molecule has 1 aliphatic heterocycles. The molecule has 1 fully saturated rings. The second-order valence-corrected chi connectivity index (χ2v) is 2.72. The van der Waals surface area contributed by atoms with Crippen molar-refractivity contribution in [3.63, 3.8) is 0 Å². The maximum atomic E-state index is 7.37. The van der Waals surface area contributed by atoms with E-state index in [0.717, 1.165) is 25.3 Å². The molecule has 0 aromatic heterocycles. The van der Waals surface area contributed by atoms with Gasteiger partial charge in [0.15, 0.2) is 5.79 Å². The van der Waals surface area contributed by atoms with E-state index in [2.05, 4.69) is 0 Å². The topological polar surface area (TPSA) is 18.5 Å². The molecule has 1 spiro atoms. The number of hydrogen-bond acceptors (Lipinski definition) is 2. The third-order valence-electron chi connectivity index (χ3n) is 2.02. The number of hydrogen-bond donors (Lipinski definition) is 0. The van der Waals surface area contributed by atoms with Gasteiger partial charge in [-0.1, -0.05) is 12.1 Å². The van der Waals surface area contributed by atoms with Crippen molar-refractivity contribution >= 4 is 0 Å². The Balaban J connectivity index is 2.06. The molecule has 2 aliphatic rings. The Morgan fingerprint density at radius 2 is 2.20 bits per heavy atom. The van der Waals surface area contributed by atoms with Crippen LogP contribution >= 0.6 is 0 Å². The van der Waals surface area contributed by atoms with Crippen LogP contribution in [0, 0.1) is 0 Å². The van der Waals surface area contributed by atoms with Gasteiger partial charge in [-0.05, 0) is 6.42 Å². The summed E-state index contributed by atoms with van der Waals surface area (Å²) in [6.45, 7) is 1.42. The number of allylic oxidation sites excluding steroid dienone is 1. The highest BCUT2D eigenvalue weighted by Crippen LogP contribution is 2.31. The Morgan fingerprint density at radius 1 is 1.40 bits per heavy atom. The predicted octanol–water partition coefficient (Wildman–Crippen LogP) is 1.47. The molecule has 10 heavy (non-hydrogen) atoms.